The van der Waals surface area contributed by atoms with Crippen molar-refractivity contribution >= 4 is 8.93 Å². The highest BCUT2D eigenvalue weighted by molar-refractivity contribution is 6.32. The van der Waals surface area contributed by atoms with E-state index in [1.165, 1.54) is 12.7 Å². The third-order valence-corrected chi connectivity index (χ3v) is 2.33. The van der Waals surface area contributed by atoms with Gasteiger partial charge in [0.2, 0.25) is 0 Å². The number of hydrogen-bond donors (Lipinski definition) is 0. The molecule has 0 radical (unpaired) electrons. The maximum absolute atomic E-state index is 9.78. The van der Waals surface area contributed by atoms with Gasteiger partial charge in [0, 0.05) is 6.55 Å². The molecule has 0 amide bonds. The Morgan fingerprint density at radius 2 is 1.19 bits per heavy atom. The van der Waals surface area contributed by atoms with Crippen LogP contribution in [-0.2, 0) is 8.89 Å². The predicted molar refractivity (Wildman–Crippen MR) is 101 cm³/mol. The summed E-state index contributed by atoms with van der Waals surface area (Å²) in [5.41, 5.74) is 1.41. The molecule has 0 aliphatic rings. The Labute approximate surface area is 136 Å². The second-order valence-corrected chi connectivity index (χ2v) is 6.38. The Morgan fingerprint density at radius 1 is 0.905 bits per heavy atom. The van der Waals surface area contributed by atoms with Crippen LogP contribution in [0.15, 0.2) is 30.3 Å². The molecule has 0 saturated heterocycles. The highest BCUT2D eigenvalue weighted by Gasteiger charge is 1.93. The van der Waals surface area contributed by atoms with E-state index in [-0.39, 0.29) is 22.3 Å². The molecule has 1 aromatic carbocycles. The van der Waals surface area contributed by atoms with Gasteiger partial charge in [0.25, 0.3) is 0 Å². The van der Waals surface area contributed by atoms with Gasteiger partial charge in [-0.1, -0.05) is 87.2 Å². The Kier molecular flexibility index (Phi) is 32.6. The van der Waals surface area contributed by atoms with E-state index in [0.29, 0.717) is 5.92 Å². The molecule has 1 aromatic rings. The zero-order valence-corrected chi connectivity index (χ0v) is 13.9. The average Bonchev–Trinajstić information content (AvgIpc) is 2.30. The molecule has 0 bridgehead atoms. The smallest absolute Gasteiger partial charge is 0.498 e. The summed E-state index contributed by atoms with van der Waals surface area (Å²) in [6.07, 6.45) is 0. The van der Waals surface area contributed by atoms with Crippen LogP contribution in [0.2, 0.25) is 6.55 Å². The first-order chi connectivity index (χ1) is 8.31. The zero-order valence-electron chi connectivity index (χ0n) is 12.9. The van der Waals surface area contributed by atoms with Gasteiger partial charge in [-0.25, -0.2) is 0 Å². The van der Waals surface area contributed by atoms with Crippen LogP contribution in [0, 0.1) is 5.92 Å². The number of rotatable bonds is 2. The van der Waals surface area contributed by atoms with Crippen LogP contribution in [0.4, 0.5) is 0 Å². The van der Waals surface area contributed by atoms with E-state index in [1.807, 2.05) is 6.07 Å². The van der Waals surface area contributed by atoms with E-state index < -0.39 is 8.93 Å². The highest BCUT2D eigenvalue weighted by Crippen LogP contribution is 2.11. The van der Waals surface area contributed by atoms with E-state index in [0.717, 1.165) is 5.92 Å². The van der Waals surface area contributed by atoms with Crippen molar-refractivity contribution in [2.45, 2.75) is 69.4 Å². The maximum atomic E-state index is 9.78. The topological polar surface area (TPSA) is 26.3 Å². The summed E-state index contributed by atoms with van der Waals surface area (Å²) in [7, 11) is -0.192. The standard InChI is InChI=1S/C9H12.C4H10.C2H6O2Si.3CH4/c1-8(2)9-6-4-3-5-7-9;1-4(2)3;1-4-5(2)3;;;/h3-8H,1-2H3;4H,1-3H3;1-2H3;3*1H4. The van der Waals surface area contributed by atoms with Crippen LogP contribution in [0.5, 0.6) is 0 Å². The summed E-state index contributed by atoms with van der Waals surface area (Å²) < 4.78 is 14.1. The summed E-state index contributed by atoms with van der Waals surface area (Å²) in [6, 6.07) is 10.5. The zero-order chi connectivity index (χ0) is 14.6. The van der Waals surface area contributed by atoms with Gasteiger partial charge in [-0.15, -0.1) is 0 Å². The molecule has 1 rings (SSSR count). The minimum atomic E-state index is -1.62. The molecule has 2 nitrogen and oxygen atoms in total. The Bertz CT molecular complexity index is 293. The van der Waals surface area contributed by atoms with E-state index in [4.69, 9.17) is 0 Å². The normalized spacial score (nSPS) is 7.67. The monoisotopic (exact) mass is 316 g/mol. The first-order valence-corrected chi connectivity index (χ1v) is 8.22. The van der Waals surface area contributed by atoms with Crippen molar-refractivity contribution in [3.8, 4) is 0 Å². The molecule has 0 saturated carbocycles. The minimum absolute atomic E-state index is 0. The van der Waals surface area contributed by atoms with Gasteiger partial charge >= 0.3 is 8.93 Å². The summed E-state index contributed by atoms with van der Waals surface area (Å²) in [4.78, 5) is 0. The van der Waals surface area contributed by atoms with Gasteiger partial charge in [0.05, 0.1) is 7.11 Å². The molecule has 0 atom stereocenters. The van der Waals surface area contributed by atoms with Crippen LogP contribution in [0.1, 0.15) is 68.4 Å². The lowest BCUT2D eigenvalue weighted by Gasteiger charge is -2.01. The lowest BCUT2D eigenvalue weighted by atomic mass is 10.0. The fourth-order valence-electron chi connectivity index (χ4n) is 0.838. The third-order valence-electron chi connectivity index (χ3n) is 1.75. The second-order valence-electron chi connectivity index (χ2n) is 4.99. The van der Waals surface area contributed by atoms with Gasteiger partial charge in [-0.05, 0) is 17.4 Å². The van der Waals surface area contributed by atoms with E-state index in [9.17, 15) is 4.46 Å². The van der Waals surface area contributed by atoms with Crippen molar-refractivity contribution < 1.29 is 8.89 Å². The Hall–Kier alpha value is -0.963. The van der Waals surface area contributed by atoms with E-state index in [1.54, 1.807) is 6.55 Å². The largest absolute Gasteiger partial charge is 0.527 e. The van der Waals surface area contributed by atoms with Gasteiger partial charge in [-0.2, -0.15) is 0 Å². The molecule has 0 fully saturated rings. The van der Waals surface area contributed by atoms with Crippen molar-refractivity contribution in [2.75, 3.05) is 7.11 Å². The van der Waals surface area contributed by atoms with Gasteiger partial charge in [0.15, 0.2) is 0 Å². The predicted octanol–water partition coefficient (Wildman–Crippen LogP) is 6.56. The quantitative estimate of drug-likeness (QED) is 0.577. The molecule has 0 spiro atoms. The molecule has 0 heterocycles. The highest BCUT2D eigenvalue weighted by atomic mass is 28.3. The van der Waals surface area contributed by atoms with Crippen molar-refractivity contribution in [1.29, 1.82) is 0 Å². The molecule has 0 unspecified atom stereocenters. The minimum Gasteiger partial charge on any atom is -0.527 e. The summed E-state index contributed by atoms with van der Waals surface area (Å²) in [6.45, 7) is 12.5. The van der Waals surface area contributed by atoms with Crippen molar-refractivity contribution in [3.05, 3.63) is 35.9 Å². The molecular weight excluding hydrogens is 276 g/mol. The van der Waals surface area contributed by atoms with Crippen molar-refractivity contribution in [1.82, 2.24) is 0 Å². The van der Waals surface area contributed by atoms with E-state index >= 15 is 0 Å². The Balaban J connectivity index is -0.0000000627. The molecule has 128 valence electrons. The van der Waals surface area contributed by atoms with Gasteiger partial charge in [-0.3, -0.25) is 0 Å². The molecule has 3 heteroatoms. The SMILES string of the molecule is C.C.C.CC(C)C.CC(C)c1ccccc1.CO[Si](C)=O. The average molecular weight is 317 g/mol. The van der Waals surface area contributed by atoms with Crippen LogP contribution < -0.4 is 0 Å². The van der Waals surface area contributed by atoms with Crippen LogP contribution in [0.3, 0.4) is 0 Å². The first-order valence-electron chi connectivity index (χ1n) is 6.40. The summed E-state index contributed by atoms with van der Waals surface area (Å²) in [5, 5.41) is 0. The van der Waals surface area contributed by atoms with Crippen LogP contribution in [-0.4, -0.2) is 16.0 Å². The van der Waals surface area contributed by atoms with Crippen molar-refractivity contribution in [3.63, 3.8) is 0 Å². The molecular formula is C18H40O2Si. The summed E-state index contributed by atoms with van der Waals surface area (Å²) in [5.74, 6) is 1.49. The molecule has 0 aliphatic carbocycles. The second kappa shape index (κ2) is 21.3. The fraction of sp³-hybridized carbons (Fsp3) is 0.667. The summed E-state index contributed by atoms with van der Waals surface area (Å²) >= 11 is 0. The molecule has 0 aliphatic heterocycles. The van der Waals surface area contributed by atoms with Gasteiger partial charge in [0.1, 0.15) is 0 Å². The van der Waals surface area contributed by atoms with Crippen molar-refractivity contribution in [2.24, 2.45) is 5.92 Å². The lowest BCUT2D eigenvalue weighted by molar-refractivity contribution is 0.370. The number of hydrogen-bond acceptors (Lipinski definition) is 2. The maximum Gasteiger partial charge on any atom is 0.498 e. The number of benzene rings is 1. The first kappa shape index (κ1) is 32.1. The fourth-order valence-corrected chi connectivity index (χ4v) is 0.838. The van der Waals surface area contributed by atoms with E-state index in [2.05, 4.69) is 63.3 Å². The van der Waals surface area contributed by atoms with Crippen LogP contribution >= 0.6 is 0 Å². The molecule has 21 heavy (non-hydrogen) atoms. The third kappa shape index (κ3) is 32.5. The molecule has 0 aromatic heterocycles. The van der Waals surface area contributed by atoms with Crippen LogP contribution in [0.25, 0.3) is 0 Å². The molecule has 0 N–H and O–H groups in total. The van der Waals surface area contributed by atoms with Gasteiger partial charge < -0.3 is 8.89 Å². The lowest BCUT2D eigenvalue weighted by Crippen LogP contribution is -1.92. The Morgan fingerprint density at radius 3 is 1.33 bits per heavy atom.